The van der Waals surface area contributed by atoms with Crippen LogP contribution in [-0.2, 0) is 0 Å². The number of halogens is 2. The zero-order chi connectivity index (χ0) is 12.3. The number of nitrogens with two attached hydrogens (primary N) is 3. The van der Waals surface area contributed by atoms with Crippen LogP contribution in [-0.4, -0.2) is 11.9 Å². The van der Waals surface area contributed by atoms with Gasteiger partial charge in [0, 0.05) is 0 Å². The van der Waals surface area contributed by atoms with Crippen molar-refractivity contribution in [3.8, 4) is 0 Å². The molecule has 0 bridgehead atoms. The highest BCUT2D eigenvalue weighted by Crippen LogP contribution is 2.29. The number of hydrogen-bond donors (Lipinski definition) is 3. The van der Waals surface area contributed by atoms with Gasteiger partial charge in [-0.3, -0.25) is 0 Å². The van der Waals surface area contributed by atoms with Crippen molar-refractivity contribution < 1.29 is 4.39 Å². The lowest BCUT2D eigenvalue weighted by atomic mass is 10.2. The molecule has 0 saturated heterocycles. The Hall–Kier alpha value is -1.82. The maximum atomic E-state index is 13.5. The van der Waals surface area contributed by atoms with Crippen LogP contribution in [0.25, 0.3) is 0 Å². The van der Waals surface area contributed by atoms with E-state index in [0.29, 0.717) is 5.56 Å². The van der Waals surface area contributed by atoms with Gasteiger partial charge in [0.2, 0.25) is 5.96 Å². The number of benzene rings is 1. The lowest BCUT2D eigenvalue weighted by Gasteiger charge is -2.02. The summed E-state index contributed by atoms with van der Waals surface area (Å²) in [4.78, 5) is 7.13. The van der Waals surface area contributed by atoms with Crippen LogP contribution in [0.5, 0.6) is 0 Å². The van der Waals surface area contributed by atoms with Crippen LogP contribution in [0.4, 0.5) is 10.1 Å². The second kappa shape index (κ2) is 4.80. The SMILES string of the molecule is Cc1cc(F)c(N=C(N)N=C(N)N)c(Cl)c1. The highest BCUT2D eigenvalue weighted by atomic mass is 35.5. The summed E-state index contributed by atoms with van der Waals surface area (Å²) in [6.07, 6.45) is 0. The maximum Gasteiger partial charge on any atom is 0.223 e. The van der Waals surface area contributed by atoms with E-state index in [1.165, 1.54) is 6.07 Å². The average molecular weight is 244 g/mol. The number of rotatable bonds is 1. The van der Waals surface area contributed by atoms with Gasteiger partial charge in [-0.25, -0.2) is 9.38 Å². The van der Waals surface area contributed by atoms with Gasteiger partial charge >= 0.3 is 0 Å². The van der Waals surface area contributed by atoms with Crippen molar-refractivity contribution in [2.75, 3.05) is 0 Å². The van der Waals surface area contributed by atoms with E-state index in [1.54, 1.807) is 13.0 Å². The van der Waals surface area contributed by atoms with Crippen LogP contribution in [0.15, 0.2) is 22.1 Å². The van der Waals surface area contributed by atoms with Crippen molar-refractivity contribution >= 4 is 29.2 Å². The Morgan fingerprint density at radius 2 is 1.94 bits per heavy atom. The Bertz CT molecular complexity index is 442. The molecular weight excluding hydrogens is 233 g/mol. The third-order valence-electron chi connectivity index (χ3n) is 1.63. The summed E-state index contributed by atoms with van der Waals surface area (Å²) in [5.74, 6) is -1.10. The van der Waals surface area contributed by atoms with E-state index in [-0.39, 0.29) is 22.6 Å². The van der Waals surface area contributed by atoms with Gasteiger partial charge < -0.3 is 17.2 Å². The Labute approximate surface area is 96.8 Å². The summed E-state index contributed by atoms with van der Waals surface area (Å²) in [6.45, 7) is 1.71. The Morgan fingerprint density at radius 3 is 2.44 bits per heavy atom. The van der Waals surface area contributed by atoms with Crippen LogP contribution >= 0.6 is 11.6 Å². The monoisotopic (exact) mass is 243 g/mol. The standard InChI is InChI=1S/C9H11ClFN5/c1-4-2-5(10)7(6(11)3-4)15-9(14)16-8(12)13/h2-3H,1H3,(H6,12,13,14,15,16). The minimum Gasteiger partial charge on any atom is -0.370 e. The van der Waals surface area contributed by atoms with Crippen LogP contribution < -0.4 is 17.2 Å². The normalized spacial score (nSPS) is 11.3. The largest absolute Gasteiger partial charge is 0.370 e. The summed E-state index contributed by atoms with van der Waals surface area (Å²) >= 11 is 5.80. The fourth-order valence-electron chi connectivity index (χ4n) is 1.07. The molecule has 16 heavy (non-hydrogen) atoms. The molecule has 1 aromatic rings. The van der Waals surface area contributed by atoms with Gasteiger partial charge in [0.1, 0.15) is 5.69 Å². The molecule has 0 unspecified atom stereocenters. The number of aliphatic imine (C=N–C) groups is 2. The minimum atomic E-state index is -0.584. The fourth-order valence-corrected chi connectivity index (χ4v) is 1.38. The molecule has 0 aliphatic carbocycles. The highest BCUT2D eigenvalue weighted by Gasteiger charge is 2.07. The van der Waals surface area contributed by atoms with E-state index in [0.717, 1.165) is 0 Å². The number of aryl methyl sites for hydroxylation is 1. The number of hydrogen-bond acceptors (Lipinski definition) is 1. The van der Waals surface area contributed by atoms with Crippen molar-refractivity contribution in [2.24, 2.45) is 27.2 Å². The Kier molecular flexibility index (Phi) is 3.68. The quantitative estimate of drug-likeness (QED) is 0.506. The molecule has 6 N–H and O–H groups in total. The van der Waals surface area contributed by atoms with Gasteiger partial charge in [-0.2, -0.15) is 4.99 Å². The van der Waals surface area contributed by atoms with Crippen molar-refractivity contribution in [2.45, 2.75) is 6.92 Å². The minimum absolute atomic E-state index is 0.0882. The molecule has 0 atom stereocenters. The molecule has 0 aliphatic rings. The molecule has 1 rings (SSSR count). The Balaban J connectivity index is 3.20. The summed E-state index contributed by atoms with van der Waals surface area (Å²) in [7, 11) is 0. The molecule has 7 heteroatoms. The van der Waals surface area contributed by atoms with Gasteiger partial charge in [-0.1, -0.05) is 11.6 Å². The summed E-state index contributed by atoms with van der Waals surface area (Å²) in [5.41, 5.74) is 16.1. The van der Waals surface area contributed by atoms with Gasteiger partial charge in [0.05, 0.1) is 5.02 Å². The van der Waals surface area contributed by atoms with Gasteiger partial charge in [0.15, 0.2) is 11.8 Å². The molecule has 0 aromatic heterocycles. The topological polar surface area (TPSA) is 103 Å². The van der Waals surface area contributed by atoms with E-state index in [1.807, 2.05) is 0 Å². The van der Waals surface area contributed by atoms with E-state index < -0.39 is 5.82 Å². The van der Waals surface area contributed by atoms with Crippen molar-refractivity contribution in [1.29, 1.82) is 0 Å². The first kappa shape index (κ1) is 12.3. The molecule has 0 spiro atoms. The van der Waals surface area contributed by atoms with E-state index in [9.17, 15) is 4.39 Å². The second-order valence-electron chi connectivity index (χ2n) is 3.08. The van der Waals surface area contributed by atoms with E-state index in [2.05, 4.69) is 9.98 Å². The van der Waals surface area contributed by atoms with Crippen LogP contribution in [0.1, 0.15) is 5.56 Å². The number of nitrogens with zero attached hydrogens (tertiary/aromatic N) is 2. The lowest BCUT2D eigenvalue weighted by Crippen LogP contribution is -2.26. The highest BCUT2D eigenvalue weighted by molar-refractivity contribution is 6.33. The molecule has 0 aliphatic heterocycles. The molecule has 86 valence electrons. The summed E-state index contributed by atoms with van der Waals surface area (Å²) in [5, 5.41) is 0.145. The summed E-state index contributed by atoms with van der Waals surface area (Å²) < 4.78 is 13.5. The van der Waals surface area contributed by atoms with Crippen molar-refractivity contribution in [3.63, 3.8) is 0 Å². The number of guanidine groups is 2. The van der Waals surface area contributed by atoms with Crippen LogP contribution in [0.3, 0.4) is 0 Å². The average Bonchev–Trinajstić information content (AvgIpc) is 2.09. The molecule has 0 saturated carbocycles. The first-order chi connectivity index (χ1) is 7.40. The molecular formula is C9H11ClFN5. The third kappa shape index (κ3) is 3.09. The molecule has 5 nitrogen and oxygen atoms in total. The third-order valence-corrected chi connectivity index (χ3v) is 1.92. The molecule has 0 fully saturated rings. The lowest BCUT2D eigenvalue weighted by molar-refractivity contribution is 0.629. The van der Waals surface area contributed by atoms with Crippen LogP contribution in [0.2, 0.25) is 5.02 Å². The molecule has 1 aromatic carbocycles. The fraction of sp³-hybridized carbons (Fsp3) is 0.111. The van der Waals surface area contributed by atoms with Gasteiger partial charge in [-0.15, -0.1) is 0 Å². The molecule has 0 radical (unpaired) electrons. The smallest absolute Gasteiger partial charge is 0.223 e. The predicted molar refractivity (Wildman–Crippen MR) is 63.2 cm³/mol. The van der Waals surface area contributed by atoms with Crippen molar-refractivity contribution in [1.82, 2.24) is 0 Å². The van der Waals surface area contributed by atoms with Gasteiger partial charge in [0.25, 0.3) is 0 Å². The zero-order valence-electron chi connectivity index (χ0n) is 8.54. The van der Waals surface area contributed by atoms with Crippen LogP contribution in [0, 0.1) is 12.7 Å². The maximum absolute atomic E-state index is 13.5. The first-order valence-corrected chi connectivity index (χ1v) is 4.67. The van der Waals surface area contributed by atoms with E-state index >= 15 is 0 Å². The second-order valence-corrected chi connectivity index (χ2v) is 3.49. The molecule has 0 heterocycles. The Morgan fingerprint density at radius 1 is 1.31 bits per heavy atom. The molecule has 0 amide bonds. The first-order valence-electron chi connectivity index (χ1n) is 4.29. The predicted octanol–water partition coefficient (Wildman–Crippen LogP) is 1.01. The van der Waals surface area contributed by atoms with Gasteiger partial charge in [-0.05, 0) is 24.6 Å². The van der Waals surface area contributed by atoms with Crippen molar-refractivity contribution in [3.05, 3.63) is 28.5 Å². The summed E-state index contributed by atoms with van der Waals surface area (Å²) in [6, 6.07) is 2.85. The zero-order valence-corrected chi connectivity index (χ0v) is 9.29. The van der Waals surface area contributed by atoms with E-state index in [4.69, 9.17) is 28.8 Å².